The first-order valence-electron chi connectivity index (χ1n) is 10.8. The van der Waals surface area contributed by atoms with Crippen molar-refractivity contribution in [1.29, 1.82) is 0 Å². The number of hydrogen-bond acceptors (Lipinski definition) is 7. The number of carbonyl (C=O) groups excluding carboxylic acids is 5. The van der Waals surface area contributed by atoms with Gasteiger partial charge in [-0.05, 0) is 37.3 Å². The van der Waals surface area contributed by atoms with Gasteiger partial charge < -0.3 is 15.4 Å². The first-order valence-corrected chi connectivity index (χ1v) is 11.6. The predicted molar refractivity (Wildman–Crippen MR) is 128 cm³/mol. The van der Waals surface area contributed by atoms with E-state index in [0.717, 1.165) is 16.2 Å². The van der Waals surface area contributed by atoms with Gasteiger partial charge in [-0.2, -0.15) is 0 Å². The second-order valence-electron chi connectivity index (χ2n) is 7.51. The minimum atomic E-state index is -0.652. The van der Waals surface area contributed by atoms with E-state index < -0.39 is 29.6 Å². The normalized spacial score (nSPS) is 12.3. The number of imide groups is 1. The maximum absolute atomic E-state index is 12.7. The van der Waals surface area contributed by atoms with Gasteiger partial charge >= 0.3 is 5.97 Å². The van der Waals surface area contributed by atoms with Crippen molar-refractivity contribution in [3.8, 4) is 0 Å². The van der Waals surface area contributed by atoms with Gasteiger partial charge in [-0.25, -0.2) is 4.79 Å². The smallest absolute Gasteiger partial charge is 0.341 e. The van der Waals surface area contributed by atoms with E-state index in [0.29, 0.717) is 21.6 Å². The average molecular weight is 492 g/mol. The molecule has 10 heteroatoms. The minimum absolute atomic E-state index is 0.0654. The predicted octanol–water partition coefficient (Wildman–Crippen LogP) is 3.09. The summed E-state index contributed by atoms with van der Waals surface area (Å²) >= 11 is 1.05. The number of fused-ring (bicyclic) bond motifs is 1. The van der Waals surface area contributed by atoms with E-state index in [9.17, 15) is 24.0 Å². The molecule has 2 N–H and O–H groups in total. The van der Waals surface area contributed by atoms with Gasteiger partial charge in [0.25, 0.3) is 17.7 Å². The molecule has 0 fully saturated rings. The number of nitrogens with zero attached hydrogens (tertiary/aromatic N) is 1. The van der Waals surface area contributed by atoms with Gasteiger partial charge in [-0.1, -0.05) is 30.3 Å². The van der Waals surface area contributed by atoms with Crippen molar-refractivity contribution in [2.24, 2.45) is 0 Å². The fraction of sp³-hybridized carbons (Fsp3) is 0.160. The number of rotatable bonds is 8. The molecule has 1 aliphatic rings. The second-order valence-corrected chi connectivity index (χ2v) is 8.65. The SMILES string of the molecule is CCOC(=O)c1cc(CN2C(=O)c3ccccc3C2=O)sc1NC(=O)CNC(=O)c1ccccc1. The molecule has 0 unspecified atom stereocenters. The zero-order valence-electron chi connectivity index (χ0n) is 18.7. The standard InChI is InChI=1S/C25H21N3O6S/c1-2-34-25(33)19-12-16(14-28-23(31)17-10-6-7-11-18(17)24(28)32)35-22(19)27-20(29)13-26-21(30)15-8-4-3-5-9-15/h3-12H,2,13-14H2,1H3,(H,26,30)(H,27,29). The third-order valence-corrected chi connectivity index (χ3v) is 6.20. The Morgan fingerprint density at radius 2 is 1.57 bits per heavy atom. The Hall–Kier alpha value is -4.31. The van der Waals surface area contributed by atoms with Crippen LogP contribution in [0, 0.1) is 0 Å². The summed E-state index contributed by atoms with van der Waals surface area (Å²) in [5.74, 6) is -2.46. The van der Waals surface area contributed by atoms with Crippen LogP contribution in [0.1, 0.15) is 53.2 Å². The van der Waals surface area contributed by atoms with Gasteiger partial charge in [0.05, 0.1) is 36.4 Å². The molecule has 3 aromatic rings. The summed E-state index contributed by atoms with van der Waals surface area (Å²) in [5.41, 5.74) is 1.16. The molecule has 0 saturated heterocycles. The number of hydrogen-bond donors (Lipinski definition) is 2. The van der Waals surface area contributed by atoms with Crippen molar-refractivity contribution in [1.82, 2.24) is 10.2 Å². The molecule has 1 aliphatic heterocycles. The molecule has 0 saturated carbocycles. The molecule has 35 heavy (non-hydrogen) atoms. The Morgan fingerprint density at radius 3 is 2.20 bits per heavy atom. The number of carbonyl (C=O) groups is 5. The van der Waals surface area contributed by atoms with E-state index in [1.165, 1.54) is 6.07 Å². The van der Waals surface area contributed by atoms with Crippen LogP contribution >= 0.6 is 11.3 Å². The highest BCUT2D eigenvalue weighted by molar-refractivity contribution is 7.16. The summed E-state index contributed by atoms with van der Waals surface area (Å²) < 4.78 is 5.08. The second kappa shape index (κ2) is 10.3. The van der Waals surface area contributed by atoms with Gasteiger partial charge in [-0.15, -0.1) is 11.3 Å². The molecule has 0 atom stereocenters. The van der Waals surface area contributed by atoms with Crippen LogP contribution in [0.25, 0.3) is 0 Å². The highest BCUT2D eigenvalue weighted by atomic mass is 32.1. The number of anilines is 1. The van der Waals surface area contributed by atoms with E-state index in [1.807, 2.05) is 0 Å². The Kier molecular flexibility index (Phi) is 7.02. The van der Waals surface area contributed by atoms with E-state index >= 15 is 0 Å². The van der Waals surface area contributed by atoms with Crippen LogP contribution < -0.4 is 10.6 Å². The van der Waals surface area contributed by atoms with Crippen LogP contribution in [0.15, 0.2) is 60.7 Å². The number of ether oxygens (including phenoxy) is 1. The van der Waals surface area contributed by atoms with Crippen molar-refractivity contribution in [3.63, 3.8) is 0 Å². The summed E-state index contributed by atoms with van der Waals surface area (Å²) in [4.78, 5) is 64.1. The Morgan fingerprint density at radius 1 is 0.943 bits per heavy atom. The molecular formula is C25H21N3O6S. The topological polar surface area (TPSA) is 122 Å². The molecule has 4 amide bonds. The summed E-state index contributed by atoms with van der Waals surface area (Å²) in [5, 5.41) is 5.34. The quantitative estimate of drug-likeness (QED) is 0.369. The lowest BCUT2D eigenvalue weighted by atomic mass is 10.1. The van der Waals surface area contributed by atoms with Crippen molar-refractivity contribution < 1.29 is 28.7 Å². The third kappa shape index (κ3) is 5.12. The molecule has 2 aromatic carbocycles. The third-order valence-electron chi connectivity index (χ3n) is 5.17. The van der Waals surface area contributed by atoms with E-state index in [1.54, 1.807) is 61.5 Å². The van der Waals surface area contributed by atoms with Crippen molar-refractivity contribution in [2.75, 3.05) is 18.5 Å². The number of nitrogens with one attached hydrogen (secondary N) is 2. The van der Waals surface area contributed by atoms with E-state index in [2.05, 4.69) is 10.6 Å². The minimum Gasteiger partial charge on any atom is -0.462 e. The lowest BCUT2D eigenvalue weighted by Crippen LogP contribution is -2.32. The molecular weight excluding hydrogens is 470 g/mol. The summed E-state index contributed by atoms with van der Waals surface area (Å²) in [7, 11) is 0. The highest BCUT2D eigenvalue weighted by Gasteiger charge is 2.35. The zero-order chi connectivity index (χ0) is 24.9. The van der Waals surface area contributed by atoms with Crippen LogP contribution in [-0.2, 0) is 16.1 Å². The Bertz CT molecular complexity index is 1280. The van der Waals surface area contributed by atoms with Gasteiger partial charge in [0.15, 0.2) is 0 Å². The molecule has 0 aliphatic carbocycles. The number of benzene rings is 2. The number of amides is 4. The van der Waals surface area contributed by atoms with Crippen molar-refractivity contribution in [3.05, 3.63) is 87.8 Å². The first kappa shape index (κ1) is 23.8. The van der Waals surface area contributed by atoms with Crippen LogP contribution in [0.2, 0.25) is 0 Å². The molecule has 2 heterocycles. The summed E-state index contributed by atoms with van der Waals surface area (Å²) in [6, 6.07) is 16.5. The summed E-state index contributed by atoms with van der Waals surface area (Å²) in [6.45, 7) is 1.40. The number of esters is 1. The lowest BCUT2D eigenvalue weighted by molar-refractivity contribution is -0.115. The Labute approximate surface area is 204 Å². The van der Waals surface area contributed by atoms with Crippen molar-refractivity contribution >= 4 is 45.9 Å². The van der Waals surface area contributed by atoms with Gasteiger partial charge in [-0.3, -0.25) is 24.1 Å². The highest BCUT2D eigenvalue weighted by Crippen LogP contribution is 2.32. The average Bonchev–Trinajstić information content (AvgIpc) is 3.37. The van der Waals surface area contributed by atoms with Crippen LogP contribution in [0.5, 0.6) is 0 Å². The number of thiophene rings is 1. The van der Waals surface area contributed by atoms with E-state index in [-0.39, 0.29) is 30.3 Å². The van der Waals surface area contributed by atoms with Crippen molar-refractivity contribution in [2.45, 2.75) is 13.5 Å². The first-order chi connectivity index (χ1) is 16.9. The molecule has 0 bridgehead atoms. The van der Waals surface area contributed by atoms with Gasteiger partial charge in [0.1, 0.15) is 5.00 Å². The monoisotopic (exact) mass is 491 g/mol. The Balaban J connectivity index is 1.48. The molecule has 0 radical (unpaired) electrons. The molecule has 0 spiro atoms. The van der Waals surface area contributed by atoms with Crippen LogP contribution in [0.4, 0.5) is 5.00 Å². The maximum atomic E-state index is 12.7. The van der Waals surface area contributed by atoms with Crippen LogP contribution in [0.3, 0.4) is 0 Å². The largest absolute Gasteiger partial charge is 0.462 e. The van der Waals surface area contributed by atoms with Crippen LogP contribution in [-0.4, -0.2) is 47.6 Å². The molecule has 1 aromatic heterocycles. The molecule has 178 valence electrons. The summed E-state index contributed by atoms with van der Waals surface area (Å²) in [6.07, 6.45) is 0. The van der Waals surface area contributed by atoms with Gasteiger partial charge in [0, 0.05) is 10.4 Å². The molecule has 4 rings (SSSR count). The maximum Gasteiger partial charge on any atom is 0.341 e. The molecule has 9 nitrogen and oxygen atoms in total. The lowest BCUT2D eigenvalue weighted by Gasteiger charge is -2.12. The fourth-order valence-corrected chi connectivity index (χ4v) is 4.58. The zero-order valence-corrected chi connectivity index (χ0v) is 19.5. The van der Waals surface area contributed by atoms with Gasteiger partial charge in [0.2, 0.25) is 5.91 Å². The van der Waals surface area contributed by atoms with E-state index in [4.69, 9.17) is 4.74 Å². The fourth-order valence-electron chi connectivity index (χ4n) is 3.53.